The topological polar surface area (TPSA) is 67.7 Å². The largest absolute Gasteiger partial charge is 0.343 e. The van der Waals surface area contributed by atoms with E-state index < -0.39 is 0 Å². The number of rotatable bonds is 4. The Morgan fingerprint density at radius 3 is 2.85 bits per heavy atom. The van der Waals surface area contributed by atoms with Crippen LogP contribution in [0.4, 0.5) is 16.2 Å². The first-order chi connectivity index (χ1) is 12.6. The van der Waals surface area contributed by atoms with Gasteiger partial charge in [-0.05, 0) is 31.4 Å². The van der Waals surface area contributed by atoms with Gasteiger partial charge >= 0.3 is 0 Å². The van der Waals surface area contributed by atoms with Gasteiger partial charge in [0, 0.05) is 36.7 Å². The number of halogens is 2. The van der Waals surface area contributed by atoms with E-state index in [1.807, 2.05) is 7.05 Å². The highest BCUT2D eigenvalue weighted by atomic mass is 35.5. The molecule has 0 fully saturated rings. The van der Waals surface area contributed by atoms with Gasteiger partial charge in [-0.3, -0.25) is 4.68 Å². The Morgan fingerprint density at radius 1 is 1.19 bits per heavy atom. The summed E-state index contributed by atoms with van der Waals surface area (Å²) in [5, 5.41) is 11.9. The summed E-state index contributed by atoms with van der Waals surface area (Å²) >= 11 is 6.29. The minimum atomic E-state index is -0.110. The van der Waals surface area contributed by atoms with Crippen LogP contribution in [0.2, 0.25) is 0 Å². The van der Waals surface area contributed by atoms with Crippen LogP contribution in [0.15, 0.2) is 41.6 Å². The molecule has 1 atom stereocenters. The predicted octanol–water partition coefficient (Wildman–Crippen LogP) is 4.39. The van der Waals surface area contributed by atoms with Gasteiger partial charge in [0.25, 0.3) is 0 Å². The maximum atomic E-state index is 13.2. The zero-order valence-corrected chi connectivity index (χ0v) is 15.2. The number of nitrogens with zero attached hydrogens (tertiary/aromatic N) is 4. The van der Waals surface area contributed by atoms with Crippen LogP contribution in [0.3, 0.4) is 0 Å². The van der Waals surface area contributed by atoms with Gasteiger partial charge in [0.2, 0.25) is 5.95 Å². The third kappa shape index (κ3) is 3.58. The fraction of sp³-hybridized carbons (Fsp3) is 0.389. The second-order valence-electron chi connectivity index (χ2n) is 6.56. The molecule has 0 amide bonds. The Labute approximate surface area is 155 Å². The Bertz CT molecular complexity index is 929. The van der Waals surface area contributed by atoms with Crippen LogP contribution in [0, 0.1) is 0 Å². The molecular weight excluding hydrogens is 355 g/mol. The van der Waals surface area contributed by atoms with E-state index >= 15 is 0 Å². The first-order valence-electron chi connectivity index (χ1n) is 8.70. The maximum Gasteiger partial charge on any atom is 0.231 e. The van der Waals surface area contributed by atoms with E-state index in [0.717, 1.165) is 41.7 Å². The van der Waals surface area contributed by atoms with Gasteiger partial charge in [0.15, 0.2) is 5.65 Å². The number of fused-ring (bicyclic) bond motifs is 1. The van der Waals surface area contributed by atoms with Gasteiger partial charge in [-0.15, -0.1) is 11.6 Å². The Kier molecular flexibility index (Phi) is 4.63. The van der Waals surface area contributed by atoms with E-state index in [2.05, 4.69) is 31.8 Å². The molecule has 2 N–H and O–H groups in total. The molecule has 6 nitrogen and oxygen atoms in total. The van der Waals surface area contributed by atoms with Crippen LogP contribution in [0.1, 0.15) is 32.1 Å². The van der Waals surface area contributed by atoms with Crippen LogP contribution < -0.4 is 10.6 Å². The SMILES string of the molecule is Cn1ncc2c(NC3=CCCC(Cl)C3)nc(NC3=CC=C(F)CC3)nc21. The summed E-state index contributed by atoms with van der Waals surface area (Å²) in [6.45, 7) is 0. The molecule has 2 heterocycles. The number of allylic oxidation sites excluding steroid dienone is 6. The van der Waals surface area contributed by atoms with Crippen molar-refractivity contribution in [2.45, 2.75) is 37.5 Å². The number of anilines is 2. The minimum Gasteiger partial charge on any atom is -0.343 e. The maximum absolute atomic E-state index is 13.2. The van der Waals surface area contributed by atoms with Gasteiger partial charge in [0.1, 0.15) is 11.6 Å². The van der Waals surface area contributed by atoms with Crippen molar-refractivity contribution in [3.8, 4) is 0 Å². The first kappa shape index (κ1) is 17.0. The van der Waals surface area contributed by atoms with E-state index in [9.17, 15) is 4.39 Å². The summed E-state index contributed by atoms with van der Waals surface area (Å²) in [6, 6.07) is 0. The number of alkyl halides is 1. The summed E-state index contributed by atoms with van der Waals surface area (Å²) in [5.41, 5.74) is 2.67. The first-order valence-corrected chi connectivity index (χ1v) is 9.14. The van der Waals surface area contributed by atoms with Gasteiger partial charge in [-0.1, -0.05) is 6.08 Å². The van der Waals surface area contributed by atoms with Crippen LogP contribution in [-0.2, 0) is 7.05 Å². The number of aromatic nitrogens is 4. The molecule has 0 saturated heterocycles. The summed E-state index contributed by atoms with van der Waals surface area (Å²) in [5.74, 6) is 1.05. The van der Waals surface area contributed by atoms with Crippen molar-refractivity contribution in [3.63, 3.8) is 0 Å². The van der Waals surface area contributed by atoms with Crippen molar-refractivity contribution in [1.82, 2.24) is 19.7 Å². The summed E-state index contributed by atoms with van der Waals surface area (Å²) in [4.78, 5) is 9.17. The number of hydrogen-bond donors (Lipinski definition) is 2. The van der Waals surface area contributed by atoms with Crippen molar-refractivity contribution in [1.29, 1.82) is 0 Å². The van der Waals surface area contributed by atoms with Gasteiger partial charge in [-0.25, -0.2) is 4.39 Å². The van der Waals surface area contributed by atoms with Crippen LogP contribution >= 0.6 is 11.6 Å². The second-order valence-corrected chi connectivity index (χ2v) is 7.18. The van der Waals surface area contributed by atoms with Crippen molar-refractivity contribution >= 4 is 34.4 Å². The van der Waals surface area contributed by atoms with Crippen LogP contribution in [-0.4, -0.2) is 25.1 Å². The van der Waals surface area contributed by atoms with Crippen molar-refractivity contribution < 1.29 is 4.39 Å². The molecule has 1 unspecified atom stereocenters. The highest BCUT2D eigenvalue weighted by Crippen LogP contribution is 2.28. The third-order valence-electron chi connectivity index (χ3n) is 4.55. The molecule has 4 rings (SSSR count). The molecular formula is C18H20ClFN6. The lowest BCUT2D eigenvalue weighted by molar-refractivity contribution is 0.582. The average Bonchev–Trinajstić information content (AvgIpc) is 2.99. The van der Waals surface area contributed by atoms with Crippen LogP contribution in [0.25, 0.3) is 11.0 Å². The van der Waals surface area contributed by atoms with Crippen molar-refractivity contribution in [2.24, 2.45) is 7.05 Å². The molecule has 2 aliphatic carbocycles. The molecule has 8 heteroatoms. The molecule has 0 radical (unpaired) electrons. The van der Waals surface area contributed by atoms with Crippen molar-refractivity contribution in [2.75, 3.05) is 10.6 Å². The average molecular weight is 375 g/mol. The quantitative estimate of drug-likeness (QED) is 0.777. The second kappa shape index (κ2) is 7.07. The number of aryl methyl sites for hydroxylation is 1. The highest BCUT2D eigenvalue weighted by molar-refractivity contribution is 6.20. The molecule has 0 aliphatic heterocycles. The lowest BCUT2D eigenvalue weighted by atomic mass is 10.0. The Balaban J connectivity index is 1.66. The predicted molar refractivity (Wildman–Crippen MR) is 102 cm³/mol. The summed E-state index contributed by atoms with van der Waals surface area (Å²) in [6.07, 6.45) is 10.8. The molecule has 2 aromatic rings. The molecule has 136 valence electrons. The molecule has 2 aromatic heterocycles. The van der Waals surface area contributed by atoms with E-state index in [0.29, 0.717) is 24.6 Å². The van der Waals surface area contributed by atoms with E-state index in [1.54, 1.807) is 17.0 Å². The lowest BCUT2D eigenvalue weighted by Gasteiger charge is -2.19. The number of hydrogen-bond acceptors (Lipinski definition) is 5. The lowest BCUT2D eigenvalue weighted by Crippen LogP contribution is -2.13. The normalized spacial score (nSPS) is 20.4. The van der Waals surface area contributed by atoms with Crippen LogP contribution in [0.5, 0.6) is 0 Å². The Hall–Kier alpha value is -2.41. The fourth-order valence-electron chi connectivity index (χ4n) is 3.15. The van der Waals surface area contributed by atoms with Gasteiger partial charge in [0.05, 0.1) is 11.6 Å². The summed E-state index contributed by atoms with van der Waals surface area (Å²) in [7, 11) is 1.84. The molecule has 0 aromatic carbocycles. The van der Waals surface area contributed by atoms with E-state index in [1.165, 1.54) is 6.08 Å². The fourth-order valence-corrected chi connectivity index (χ4v) is 3.44. The third-order valence-corrected chi connectivity index (χ3v) is 4.93. The van der Waals surface area contributed by atoms with Crippen molar-refractivity contribution in [3.05, 3.63) is 41.6 Å². The van der Waals surface area contributed by atoms with E-state index in [4.69, 9.17) is 11.6 Å². The zero-order chi connectivity index (χ0) is 18.1. The zero-order valence-electron chi connectivity index (χ0n) is 14.5. The highest BCUT2D eigenvalue weighted by Gasteiger charge is 2.17. The summed E-state index contributed by atoms with van der Waals surface area (Å²) < 4.78 is 14.9. The molecule has 2 aliphatic rings. The smallest absolute Gasteiger partial charge is 0.231 e. The van der Waals surface area contributed by atoms with E-state index in [-0.39, 0.29) is 11.2 Å². The molecule has 0 saturated carbocycles. The molecule has 0 spiro atoms. The number of nitrogens with one attached hydrogen (secondary N) is 2. The molecule has 0 bridgehead atoms. The molecule has 26 heavy (non-hydrogen) atoms. The Morgan fingerprint density at radius 2 is 2.08 bits per heavy atom. The minimum absolute atomic E-state index is 0.110. The van der Waals surface area contributed by atoms with Gasteiger partial charge < -0.3 is 10.6 Å². The standard InChI is InChI=1S/C18H20ClFN6/c1-26-17-15(10-21-26)16(22-14-4-2-3-11(19)9-14)24-18(25-17)23-13-7-5-12(20)6-8-13/h4-5,7,10-11H,2-3,6,8-9H2,1H3,(H2,22,23,24,25). The van der Waals surface area contributed by atoms with Gasteiger partial charge in [-0.2, -0.15) is 15.1 Å². The monoisotopic (exact) mass is 374 g/mol.